The molecule has 1 fully saturated rings. The molecule has 0 bridgehead atoms. The molecule has 120 valence electrons. The van der Waals surface area contributed by atoms with Gasteiger partial charge in [0.1, 0.15) is 5.82 Å². The summed E-state index contributed by atoms with van der Waals surface area (Å²) in [6, 6.07) is 5.68. The summed E-state index contributed by atoms with van der Waals surface area (Å²) in [5.41, 5.74) is 0.641. The fourth-order valence-corrected chi connectivity index (χ4v) is 2.79. The number of rotatable bonds is 5. The first-order valence-corrected chi connectivity index (χ1v) is 7.45. The SMILES string of the molecule is CC(=O)NCC(=O)N1CCCC1CC(O)c1ccc(F)cc1. The first kappa shape index (κ1) is 16.4. The molecule has 0 aromatic heterocycles. The second-order valence-corrected chi connectivity index (χ2v) is 5.60. The Kier molecular flexibility index (Phi) is 5.49. The van der Waals surface area contributed by atoms with Crippen molar-refractivity contribution in [2.45, 2.75) is 38.3 Å². The van der Waals surface area contributed by atoms with E-state index in [2.05, 4.69) is 5.32 Å². The van der Waals surface area contributed by atoms with Crippen molar-refractivity contribution in [3.63, 3.8) is 0 Å². The molecule has 1 saturated heterocycles. The van der Waals surface area contributed by atoms with Gasteiger partial charge in [-0.1, -0.05) is 12.1 Å². The van der Waals surface area contributed by atoms with Crippen LogP contribution >= 0.6 is 0 Å². The van der Waals surface area contributed by atoms with Crippen LogP contribution in [0.25, 0.3) is 0 Å². The summed E-state index contributed by atoms with van der Waals surface area (Å²) < 4.78 is 12.9. The number of nitrogens with zero attached hydrogens (tertiary/aromatic N) is 1. The molecular weight excluding hydrogens is 287 g/mol. The number of carbonyl (C=O) groups excluding carboxylic acids is 2. The summed E-state index contributed by atoms with van der Waals surface area (Å²) in [6.07, 6.45) is 1.38. The van der Waals surface area contributed by atoms with Gasteiger partial charge in [0.2, 0.25) is 11.8 Å². The Balaban J connectivity index is 1.94. The van der Waals surface area contributed by atoms with Crippen LogP contribution in [0.15, 0.2) is 24.3 Å². The number of nitrogens with one attached hydrogen (secondary N) is 1. The topological polar surface area (TPSA) is 69.6 Å². The average Bonchev–Trinajstić information content (AvgIpc) is 2.93. The minimum absolute atomic E-state index is 0.0154. The molecule has 1 aliphatic rings. The molecule has 1 heterocycles. The molecule has 5 nitrogen and oxygen atoms in total. The van der Waals surface area contributed by atoms with Crippen LogP contribution in [0.4, 0.5) is 4.39 Å². The number of aliphatic hydroxyl groups excluding tert-OH is 1. The van der Waals surface area contributed by atoms with Crippen LogP contribution in [-0.4, -0.2) is 41.0 Å². The zero-order valence-corrected chi connectivity index (χ0v) is 12.6. The molecule has 2 amide bonds. The van der Waals surface area contributed by atoms with Gasteiger partial charge >= 0.3 is 0 Å². The van der Waals surface area contributed by atoms with Crippen molar-refractivity contribution in [3.8, 4) is 0 Å². The van der Waals surface area contributed by atoms with E-state index in [1.807, 2.05) is 0 Å². The third kappa shape index (κ3) is 4.27. The molecule has 1 aliphatic heterocycles. The minimum atomic E-state index is -0.736. The number of benzene rings is 1. The highest BCUT2D eigenvalue weighted by atomic mass is 19.1. The Labute approximate surface area is 129 Å². The van der Waals surface area contributed by atoms with Gasteiger partial charge in [-0.3, -0.25) is 9.59 Å². The zero-order chi connectivity index (χ0) is 16.1. The van der Waals surface area contributed by atoms with Crippen molar-refractivity contribution in [2.24, 2.45) is 0 Å². The van der Waals surface area contributed by atoms with Crippen molar-refractivity contribution >= 4 is 11.8 Å². The molecule has 0 spiro atoms. The van der Waals surface area contributed by atoms with Crippen molar-refractivity contribution in [1.29, 1.82) is 0 Å². The number of hydrogen-bond donors (Lipinski definition) is 2. The van der Waals surface area contributed by atoms with Gasteiger partial charge in [-0.2, -0.15) is 0 Å². The van der Waals surface area contributed by atoms with Gasteiger partial charge in [-0.15, -0.1) is 0 Å². The molecule has 0 aliphatic carbocycles. The number of hydrogen-bond acceptors (Lipinski definition) is 3. The van der Waals surface area contributed by atoms with E-state index in [1.54, 1.807) is 17.0 Å². The Bertz CT molecular complexity index is 533. The number of carbonyl (C=O) groups is 2. The lowest BCUT2D eigenvalue weighted by Crippen LogP contribution is -2.42. The molecule has 0 radical (unpaired) electrons. The highest BCUT2D eigenvalue weighted by Crippen LogP contribution is 2.27. The van der Waals surface area contributed by atoms with Crippen molar-refractivity contribution < 1.29 is 19.1 Å². The summed E-state index contributed by atoms with van der Waals surface area (Å²) in [7, 11) is 0. The van der Waals surface area contributed by atoms with Crippen molar-refractivity contribution in [1.82, 2.24) is 10.2 Å². The summed E-state index contributed by atoms with van der Waals surface area (Å²) in [5.74, 6) is -0.719. The lowest BCUT2D eigenvalue weighted by Gasteiger charge is -2.27. The zero-order valence-electron chi connectivity index (χ0n) is 12.6. The van der Waals surface area contributed by atoms with Crippen LogP contribution in [0.1, 0.15) is 37.9 Å². The molecule has 1 aromatic rings. The highest BCUT2D eigenvalue weighted by molar-refractivity contribution is 5.84. The number of likely N-dealkylation sites (tertiary alicyclic amines) is 1. The quantitative estimate of drug-likeness (QED) is 0.863. The molecule has 2 atom stereocenters. The van der Waals surface area contributed by atoms with E-state index in [0.29, 0.717) is 18.5 Å². The van der Waals surface area contributed by atoms with Crippen LogP contribution in [0.3, 0.4) is 0 Å². The predicted molar refractivity (Wildman–Crippen MR) is 79.4 cm³/mol. The summed E-state index contributed by atoms with van der Waals surface area (Å²) >= 11 is 0. The highest BCUT2D eigenvalue weighted by Gasteiger charge is 2.30. The summed E-state index contributed by atoms with van der Waals surface area (Å²) in [4.78, 5) is 24.7. The predicted octanol–water partition coefficient (Wildman–Crippen LogP) is 1.38. The van der Waals surface area contributed by atoms with Gasteiger partial charge in [-0.25, -0.2) is 4.39 Å². The smallest absolute Gasteiger partial charge is 0.242 e. The van der Waals surface area contributed by atoms with Gasteiger partial charge in [-0.05, 0) is 37.0 Å². The molecule has 2 N–H and O–H groups in total. The molecule has 2 unspecified atom stereocenters. The standard InChI is InChI=1S/C16H21FN2O3/c1-11(20)18-10-16(22)19-8-2-3-14(19)9-15(21)12-4-6-13(17)7-5-12/h4-7,14-15,21H,2-3,8-10H2,1H3,(H,18,20). The fraction of sp³-hybridized carbons (Fsp3) is 0.500. The summed E-state index contributed by atoms with van der Waals surface area (Å²) in [5, 5.41) is 12.8. The molecule has 6 heteroatoms. The fourth-order valence-electron chi connectivity index (χ4n) is 2.79. The minimum Gasteiger partial charge on any atom is -0.388 e. The molecular formula is C16H21FN2O3. The van der Waals surface area contributed by atoms with Crippen molar-refractivity contribution in [2.75, 3.05) is 13.1 Å². The molecule has 22 heavy (non-hydrogen) atoms. The Morgan fingerprint density at radius 2 is 2.09 bits per heavy atom. The van der Waals surface area contributed by atoms with Crippen LogP contribution < -0.4 is 5.32 Å². The van der Waals surface area contributed by atoms with E-state index < -0.39 is 6.10 Å². The first-order valence-electron chi connectivity index (χ1n) is 7.45. The van der Waals surface area contributed by atoms with Gasteiger partial charge in [0.15, 0.2) is 0 Å². The van der Waals surface area contributed by atoms with E-state index >= 15 is 0 Å². The van der Waals surface area contributed by atoms with E-state index in [-0.39, 0.29) is 30.2 Å². The van der Waals surface area contributed by atoms with Gasteiger partial charge in [0.25, 0.3) is 0 Å². The maximum atomic E-state index is 12.9. The Morgan fingerprint density at radius 1 is 1.41 bits per heavy atom. The van der Waals surface area contributed by atoms with E-state index in [0.717, 1.165) is 12.8 Å². The third-order valence-corrected chi connectivity index (χ3v) is 3.94. The third-order valence-electron chi connectivity index (χ3n) is 3.94. The molecule has 2 rings (SSSR count). The molecule has 1 aromatic carbocycles. The van der Waals surface area contributed by atoms with Gasteiger partial charge in [0, 0.05) is 19.5 Å². The maximum absolute atomic E-state index is 12.9. The Morgan fingerprint density at radius 3 is 2.73 bits per heavy atom. The van der Waals surface area contributed by atoms with Crippen molar-refractivity contribution in [3.05, 3.63) is 35.6 Å². The van der Waals surface area contributed by atoms with Crippen LogP contribution in [0.5, 0.6) is 0 Å². The average molecular weight is 308 g/mol. The van der Waals surface area contributed by atoms with E-state index in [1.165, 1.54) is 19.1 Å². The normalized spacial score (nSPS) is 19.0. The number of halogens is 1. The van der Waals surface area contributed by atoms with E-state index in [9.17, 15) is 19.1 Å². The second kappa shape index (κ2) is 7.35. The first-order chi connectivity index (χ1) is 10.5. The van der Waals surface area contributed by atoms with Gasteiger partial charge in [0.05, 0.1) is 12.6 Å². The largest absolute Gasteiger partial charge is 0.388 e. The summed E-state index contributed by atoms with van der Waals surface area (Å²) in [6.45, 7) is 1.99. The van der Waals surface area contributed by atoms with Crippen LogP contribution in [0, 0.1) is 5.82 Å². The second-order valence-electron chi connectivity index (χ2n) is 5.60. The lowest BCUT2D eigenvalue weighted by atomic mass is 10.0. The molecule has 0 saturated carbocycles. The Hall–Kier alpha value is -1.95. The van der Waals surface area contributed by atoms with E-state index in [4.69, 9.17) is 0 Å². The van der Waals surface area contributed by atoms with Gasteiger partial charge < -0.3 is 15.3 Å². The number of aliphatic hydroxyl groups is 1. The monoisotopic (exact) mass is 308 g/mol. The number of amides is 2. The van der Waals surface area contributed by atoms with Crippen LogP contribution in [-0.2, 0) is 9.59 Å². The lowest BCUT2D eigenvalue weighted by molar-refractivity contribution is -0.133. The maximum Gasteiger partial charge on any atom is 0.242 e. The van der Waals surface area contributed by atoms with Crippen LogP contribution in [0.2, 0.25) is 0 Å².